The van der Waals surface area contributed by atoms with Crippen LogP contribution in [-0.4, -0.2) is 64.4 Å². The van der Waals surface area contributed by atoms with Crippen LogP contribution >= 0.6 is 0 Å². The van der Waals surface area contributed by atoms with E-state index in [0.29, 0.717) is 43.6 Å². The number of hydrogen-bond donors (Lipinski definition) is 3. The van der Waals surface area contributed by atoms with Crippen LogP contribution in [0.15, 0.2) is 24.4 Å². The molecule has 3 N–H and O–H groups in total. The number of nitrogens with zero attached hydrogens (tertiary/aromatic N) is 2. The van der Waals surface area contributed by atoms with E-state index in [0.717, 1.165) is 12.1 Å². The van der Waals surface area contributed by atoms with E-state index < -0.39 is 29.6 Å². The molecular formula is C26H35F2N5O4. The van der Waals surface area contributed by atoms with Gasteiger partial charge >= 0.3 is 0 Å². The van der Waals surface area contributed by atoms with Gasteiger partial charge in [-0.25, -0.2) is 13.8 Å². The fraction of sp³-hybridized carbons (Fsp3) is 0.538. The van der Waals surface area contributed by atoms with E-state index in [9.17, 15) is 23.2 Å². The average Bonchev–Trinajstić information content (AvgIpc) is 3.32. The third-order valence-corrected chi connectivity index (χ3v) is 6.25. The molecule has 1 aromatic heterocycles. The monoisotopic (exact) mass is 519 g/mol. The van der Waals surface area contributed by atoms with Gasteiger partial charge in [-0.2, -0.15) is 0 Å². The highest BCUT2D eigenvalue weighted by Crippen LogP contribution is 2.23. The summed E-state index contributed by atoms with van der Waals surface area (Å²) in [5.74, 6) is -1.88. The lowest BCUT2D eigenvalue weighted by atomic mass is 10.1. The van der Waals surface area contributed by atoms with Gasteiger partial charge in [0.2, 0.25) is 17.7 Å². The maximum absolute atomic E-state index is 14.2. The van der Waals surface area contributed by atoms with Crippen molar-refractivity contribution in [3.8, 4) is 11.3 Å². The number of carbonyl (C=O) groups is 3. The van der Waals surface area contributed by atoms with E-state index in [1.54, 1.807) is 11.8 Å². The molecule has 202 valence electrons. The molecule has 2 heterocycles. The maximum Gasteiger partial charge on any atom is 0.243 e. The molecule has 0 unspecified atom stereocenters. The SMILES string of the molecule is CC(C)CCC(=O)N[C@@H](CC(=O)N1CCOC[C@@H]1C)C(=O)N[C@@H](C)c1ncc(-c2ccc(F)cc2F)[nH]1. The number of carbonyl (C=O) groups excluding carboxylic acids is 3. The zero-order valence-electron chi connectivity index (χ0n) is 21.6. The maximum atomic E-state index is 14.2. The van der Waals surface area contributed by atoms with E-state index in [1.165, 1.54) is 12.3 Å². The van der Waals surface area contributed by atoms with Crippen LogP contribution < -0.4 is 10.6 Å². The number of aromatic nitrogens is 2. The molecule has 1 aromatic carbocycles. The number of imidazole rings is 1. The van der Waals surface area contributed by atoms with E-state index in [4.69, 9.17) is 4.74 Å². The molecule has 0 radical (unpaired) electrons. The summed E-state index contributed by atoms with van der Waals surface area (Å²) in [6.07, 6.45) is 2.09. The first-order valence-corrected chi connectivity index (χ1v) is 12.5. The number of rotatable bonds is 10. The molecule has 1 fully saturated rings. The van der Waals surface area contributed by atoms with Gasteiger partial charge in [-0.05, 0) is 38.3 Å². The molecule has 3 rings (SSSR count). The molecule has 0 aliphatic carbocycles. The molecule has 37 heavy (non-hydrogen) atoms. The predicted molar refractivity (Wildman–Crippen MR) is 133 cm³/mol. The number of hydrogen-bond acceptors (Lipinski definition) is 5. The van der Waals surface area contributed by atoms with Crippen LogP contribution in [0.5, 0.6) is 0 Å². The quantitative estimate of drug-likeness (QED) is 0.446. The van der Waals surface area contributed by atoms with Crippen LogP contribution in [0, 0.1) is 17.6 Å². The molecular weight excluding hydrogens is 484 g/mol. The van der Waals surface area contributed by atoms with Gasteiger partial charge in [-0.1, -0.05) is 13.8 Å². The third kappa shape index (κ3) is 7.82. The fourth-order valence-electron chi connectivity index (χ4n) is 4.07. The molecule has 3 amide bonds. The smallest absolute Gasteiger partial charge is 0.243 e. The first-order chi connectivity index (χ1) is 17.5. The summed E-state index contributed by atoms with van der Waals surface area (Å²) in [5, 5.41) is 5.49. The molecule has 2 aromatic rings. The van der Waals surface area contributed by atoms with Crippen molar-refractivity contribution in [2.75, 3.05) is 19.8 Å². The first-order valence-electron chi connectivity index (χ1n) is 12.5. The second kappa shape index (κ2) is 12.8. The highest BCUT2D eigenvalue weighted by Gasteiger charge is 2.31. The van der Waals surface area contributed by atoms with Crippen LogP contribution in [0.3, 0.4) is 0 Å². The second-order valence-corrected chi connectivity index (χ2v) is 9.80. The highest BCUT2D eigenvalue weighted by molar-refractivity contribution is 5.92. The van der Waals surface area contributed by atoms with E-state index >= 15 is 0 Å². The van der Waals surface area contributed by atoms with Crippen LogP contribution in [0.4, 0.5) is 8.78 Å². The first kappa shape index (κ1) is 28.2. The van der Waals surface area contributed by atoms with Gasteiger partial charge < -0.3 is 25.3 Å². The lowest BCUT2D eigenvalue weighted by Gasteiger charge is -2.34. The standard InChI is InChI=1S/C26H35F2N5O4/c1-15(2)5-8-23(34)31-21(12-24(35)33-9-10-37-14-16(33)3)26(36)30-17(4)25-29-13-22(32-25)19-7-6-18(27)11-20(19)28/h6-7,11,13,15-17,21H,5,8-10,12,14H2,1-4H3,(H,29,32)(H,30,36)(H,31,34)/t16-,17-,21-/m0/s1. The minimum Gasteiger partial charge on any atom is -0.377 e. The molecule has 1 aliphatic heterocycles. The molecule has 9 nitrogen and oxygen atoms in total. The number of H-pyrrole nitrogens is 1. The Morgan fingerprint density at radius 3 is 2.65 bits per heavy atom. The summed E-state index contributed by atoms with van der Waals surface area (Å²) in [7, 11) is 0. The van der Waals surface area contributed by atoms with Crippen LogP contribution in [-0.2, 0) is 19.1 Å². The minimum absolute atomic E-state index is 0.131. The molecule has 0 bridgehead atoms. The van der Waals surface area contributed by atoms with Gasteiger partial charge in [-0.15, -0.1) is 0 Å². The Kier molecular flexibility index (Phi) is 9.73. The van der Waals surface area contributed by atoms with Crippen molar-refractivity contribution in [2.24, 2.45) is 5.92 Å². The second-order valence-electron chi connectivity index (χ2n) is 9.80. The van der Waals surface area contributed by atoms with Gasteiger partial charge in [0.1, 0.15) is 23.5 Å². The number of halogens is 2. The summed E-state index contributed by atoms with van der Waals surface area (Å²) >= 11 is 0. The molecule has 0 saturated carbocycles. The number of aromatic amines is 1. The summed E-state index contributed by atoms with van der Waals surface area (Å²) in [5.41, 5.74) is 0.461. The molecule has 3 atom stereocenters. The van der Waals surface area contributed by atoms with Crippen molar-refractivity contribution in [1.82, 2.24) is 25.5 Å². The number of benzene rings is 1. The summed E-state index contributed by atoms with van der Waals surface area (Å²) in [6, 6.07) is 1.37. The average molecular weight is 520 g/mol. The van der Waals surface area contributed by atoms with Crippen molar-refractivity contribution in [3.05, 3.63) is 41.9 Å². The van der Waals surface area contributed by atoms with E-state index in [-0.39, 0.29) is 36.3 Å². The third-order valence-electron chi connectivity index (χ3n) is 6.25. The Morgan fingerprint density at radius 2 is 1.97 bits per heavy atom. The van der Waals surface area contributed by atoms with Crippen molar-refractivity contribution >= 4 is 17.7 Å². The lowest BCUT2D eigenvalue weighted by molar-refractivity contribution is -0.142. The molecule has 1 aliphatic rings. The number of ether oxygens (including phenoxy) is 1. The zero-order valence-corrected chi connectivity index (χ0v) is 21.6. The zero-order chi connectivity index (χ0) is 27.1. The van der Waals surface area contributed by atoms with Crippen molar-refractivity contribution in [2.45, 2.75) is 65.1 Å². The Bertz CT molecular complexity index is 1110. The topological polar surface area (TPSA) is 116 Å². The van der Waals surface area contributed by atoms with Crippen molar-refractivity contribution in [3.63, 3.8) is 0 Å². The number of amides is 3. The van der Waals surface area contributed by atoms with Gasteiger partial charge in [0.15, 0.2) is 0 Å². The Balaban J connectivity index is 1.70. The predicted octanol–water partition coefficient (Wildman–Crippen LogP) is 3.09. The Labute approximate surface area is 215 Å². The summed E-state index contributed by atoms with van der Waals surface area (Å²) in [6.45, 7) is 8.78. The van der Waals surface area contributed by atoms with Crippen LogP contribution in [0.2, 0.25) is 0 Å². The van der Waals surface area contributed by atoms with Gasteiger partial charge in [0.05, 0.1) is 43.6 Å². The fourth-order valence-corrected chi connectivity index (χ4v) is 4.07. The number of morpholine rings is 1. The van der Waals surface area contributed by atoms with E-state index in [1.807, 2.05) is 20.8 Å². The molecule has 1 saturated heterocycles. The Hall–Kier alpha value is -3.34. The van der Waals surface area contributed by atoms with Gasteiger partial charge in [0, 0.05) is 24.6 Å². The van der Waals surface area contributed by atoms with Crippen LogP contribution in [0.1, 0.15) is 58.8 Å². The van der Waals surface area contributed by atoms with Gasteiger partial charge in [-0.3, -0.25) is 14.4 Å². The highest BCUT2D eigenvalue weighted by atomic mass is 19.1. The lowest BCUT2D eigenvalue weighted by Crippen LogP contribution is -2.53. The van der Waals surface area contributed by atoms with Crippen LogP contribution in [0.25, 0.3) is 11.3 Å². The normalized spacial score (nSPS) is 17.4. The Morgan fingerprint density at radius 1 is 1.22 bits per heavy atom. The van der Waals surface area contributed by atoms with E-state index in [2.05, 4.69) is 20.6 Å². The minimum atomic E-state index is -1.08. The summed E-state index contributed by atoms with van der Waals surface area (Å²) in [4.78, 5) is 47.6. The largest absolute Gasteiger partial charge is 0.377 e. The van der Waals surface area contributed by atoms with Gasteiger partial charge in [0.25, 0.3) is 0 Å². The molecule has 0 spiro atoms. The summed E-state index contributed by atoms with van der Waals surface area (Å²) < 4.78 is 32.8. The number of nitrogens with one attached hydrogen (secondary N) is 3. The van der Waals surface area contributed by atoms with Crippen molar-refractivity contribution < 1.29 is 27.9 Å². The van der Waals surface area contributed by atoms with Crippen molar-refractivity contribution in [1.29, 1.82) is 0 Å². The molecule has 11 heteroatoms.